The summed E-state index contributed by atoms with van der Waals surface area (Å²) in [5.74, 6) is -0.827. The first-order chi connectivity index (χ1) is 21.5. The van der Waals surface area contributed by atoms with E-state index in [1.54, 1.807) is 59.7 Å². The van der Waals surface area contributed by atoms with Crippen molar-refractivity contribution < 1.29 is 28.2 Å². The van der Waals surface area contributed by atoms with Crippen LogP contribution in [0.2, 0.25) is 0 Å². The van der Waals surface area contributed by atoms with Crippen molar-refractivity contribution in [2.75, 3.05) is 13.1 Å². The van der Waals surface area contributed by atoms with Crippen molar-refractivity contribution in [3.8, 4) is 11.3 Å². The molecule has 2 fully saturated rings. The van der Waals surface area contributed by atoms with Crippen LogP contribution in [0.4, 0.5) is 14.0 Å². The van der Waals surface area contributed by atoms with Gasteiger partial charge in [-0.2, -0.15) is 0 Å². The topological polar surface area (TPSA) is 119 Å². The molecule has 12 heteroatoms. The standard InChI is InChI=1S/C33H39FN6O5/c1-5-9-26(35-31(42)45-33(2,3)4)30(41)39-17-16-28-29(39)24(19-40(28)32(43)44-21-22-10-7-6-8-11-22)18-38-20-27(36-37-38)23-12-14-25(34)15-13-23/h5-8,10-15,20,24,26,28-29H,1,9,16-19,21H2,2-4H3,(H,35,42)/t24-,26?,28+,29+/m0/s1. The van der Waals surface area contributed by atoms with Crippen LogP contribution >= 0.6 is 0 Å². The minimum Gasteiger partial charge on any atom is -0.445 e. The quantitative estimate of drug-likeness (QED) is 0.343. The predicted molar refractivity (Wildman–Crippen MR) is 164 cm³/mol. The number of amides is 3. The average Bonchev–Trinajstić information content (AvgIpc) is 3.73. The Bertz CT molecular complexity index is 1510. The Kier molecular flexibility index (Phi) is 9.50. The molecule has 1 aromatic heterocycles. The Morgan fingerprint density at radius 1 is 1.11 bits per heavy atom. The molecule has 11 nitrogen and oxygen atoms in total. The normalized spacial score (nSPS) is 20.0. The number of carbonyl (C=O) groups is 3. The second-order valence-corrected chi connectivity index (χ2v) is 12.4. The smallest absolute Gasteiger partial charge is 0.410 e. The Hall–Kier alpha value is -4.74. The minimum atomic E-state index is -0.882. The van der Waals surface area contributed by atoms with Crippen molar-refractivity contribution >= 4 is 18.1 Å². The molecule has 1 N–H and O–H groups in total. The molecule has 3 aromatic rings. The van der Waals surface area contributed by atoms with Crippen LogP contribution in [0.5, 0.6) is 0 Å². The first kappa shape index (κ1) is 31.7. The van der Waals surface area contributed by atoms with Crippen LogP contribution in [0.1, 0.15) is 39.2 Å². The Labute approximate surface area is 262 Å². The lowest BCUT2D eigenvalue weighted by molar-refractivity contribution is -0.135. The molecule has 2 saturated heterocycles. The SMILES string of the molecule is C=CCC(NC(=O)OC(C)(C)C)C(=O)N1CC[C@@H]2[C@H]1[C@@H](Cn1cc(-c3ccc(F)cc3)nn1)CN2C(=O)OCc1ccccc1. The number of rotatable bonds is 9. The summed E-state index contributed by atoms with van der Waals surface area (Å²) in [4.78, 5) is 43.5. The van der Waals surface area contributed by atoms with Gasteiger partial charge in [0.2, 0.25) is 5.91 Å². The molecular formula is C33H39FN6O5. The first-order valence-corrected chi connectivity index (χ1v) is 15.1. The summed E-state index contributed by atoms with van der Waals surface area (Å²) >= 11 is 0. The Balaban J connectivity index is 1.36. The van der Waals surface area contributed by atoms with E-state index in [2.05, 4.69) is 22.2 Å². The largest absolute Gasteiger partial charge is 0.445 e. The summed E-state index contributed by atoms with van der Waals surface area (Å²) in [5.41, 5.74) is 1.44. The highest BCUT2D eigenvalue weighted by Crippen LogP contribution is 2.37. The maximum atomic E-state index is 14.0. The van der Waals surface area contributed by atoms with E-state index in [-0.39, 0.29) is 42.8 Å². The number of fused-ring (bicyclic) bond motifs is 1. The Morgan fingerprint density at radius 3 is 2.53 bits per heavy atom. The van der Waals surface area contributed by atoms with E-state index in [1.807, 2.05) is 30.3 Å². The number of likely N-dealkylation sites (tertiary alicyclic amines) is 2. The molecule has 5 rings (SSSR count). The molecule has 238 valence electrons. The first-order valence-electron chi connectivity index (χ1n) is 15.1. The van der Waals surface area contributed by atoms with Crippen LogP contribution in [-0.2, 0) is 27.4 Å². The summed E-state index contributed by atoms with van der Waals surface area (Å²) in [6, 6.07) is 13.9. The molecule has 0 aliphatic carbocycles. The van der Waals surface area contributed by atoms with Gasteiger partial charge in [-0.25, -0.2) is 14.0 Å². The van der Waals surface area contributed by atoms with Gasteiger partial charge in [0.1, 0.15) is 29.8 Å². The van der Waals surface area contributed by atoms with Gasteiger partial charge < -0.3 is 24.6 Å². The predicted octanol–water partition coefficient (Wildman–Crippen LogP) is 4.79. The number of alkyl carbamates (subject to hydrolysis) is 1. The molecule has 0 spiro atoms. The second-order valence-electron chi connectivity index (χ2n) is 12.4. The van der Waals surface area contributed by atoms with Crippen molar-refractivity contribution in [3.63, 3.8) is 0 Å². The van der Waals surface area contributed by atoms with Crippen LogP contribution < -0.4 is 5.32 Å². The lowest BCUT2D eigenvalue weighted by Gasteiger charge is -2.32. The molecule has 0 saturated carbocycles. The molecule has 2 aliphatic heterocycles. The number of benzene rings is 2. The number of halogens is 1. The van der Waals surface area contributed by atoms with E-state index in [0.29, 0.717) is 31.7 Å². The van der Waals surface area contributed by atoms with Crippen molar-refractivity contribution in [2.45, 2.75) is 70.5 Å². The summed E-state index contributed by atoms with van der Waals surface area (Å²) in [6.07, 6.45) is 2.97. The van der Waals surface area contributed by atoms with Gasteiger partial charge in [0.25, 0.3) is 0 Å². The lowest BCUT2D eigenvalue weighted by Crippen LogP contribution is -2.53. The van der Waals surface area contributed by atoms with E-state index in [9.17, 15) is 18.8 Å². The highest BCUT2D eigenvalue weighted by Gasteiger charge is 2.53. The van der Waals surface area contributed by atoms with Crippen LogP contribution in [0.3, 0.4) is 0 Å². The average molecular weight is 619 g/mol. The third-order valence-corrected chi connectivity index (χ3v) is 7.95. The monoisotopic (exact) mass is 618 g/mol. The van der Waals surface area contributed by atoms with Crippen molar-refractivity contribution in [1.82, 2.24) is 30.1 Å². The fourth-order valence-electron chi connectivity index (χ4n) is 6.06. The minimum absolute atomic E-state index is 0.131. The molecule has 0 bridgehead atoms. The number of nitrogens with zero attached hydrogens (tertiary/aromatic N) is 5. The van der Waals surface area contributed by atoms with E-state index >= 15 is 0 Å². The molecular weight excluding hydrogens is 579 g/mol. The number of hydrogen-bond donors (Lipinski definition) is 1. The molecule has 1 unspecified atom stereocenters. The number of hydrogen-bond acceptors (Lipinski definition) is 7. The molecule has 2 aromatic carbocycles. The van der Waals surface area contributed by atoms with E-state index in [4.69, 9.17) is 9.47 Å². The summed E-state index contributed by atoms with van der Waals surface area (Å²) in [5, 5.41) is 11.3. The second kappa shape index (κ2) is 13.5. The molecule has 4 atom stereocenters. The summed E-state index contributed by atoms with van der Waals surface area (Å²) in [6.45, 7) is 10.3. The fourth-order valence-corrected chi connectivity index (χ4v) is 6.06. The molecule has 45 heavy (non-hydrogen) atoms. The summed E-state index contributed by atoms with van der Waals surface area (Å²) in [7, 11) is 0. The van der Waals surface area contributed by atoms with Gasteiger partial charge in [-0.05, 0) is 63.4 Å². The van der Waals surface area contributed by atoms with Crippen molar-refractivity contribution in [3.05, 3.63) is 84.8 Å². The number of ether oxygens (including phenoxy) is 2. The van der Waals surface area contributed by atoms with Gasteiger partial charge in [0, 0.05) is 31.1 Å². The number of nitrogens with one attached hydrogen (secondary N) is 1. The maximum absolute atomic E-state index is 14.0. The van der Waals surface area contributed by atoms with E-state index in [1.165, 1.54) is 12.1 Å². The van der Waals surface area contributed by atoms with Crippen LogP contribution in [0, 0.1) is 11.7 Å². The van der Waals surface area contributed by atoms with Crippen LogP contribution in [0.15, 0.2) is 73.4 Å². The van der Waals surface area contributed by atoms with E-state index < -0.39 is 23.8 Å². The number of aromatic nitrogens is 3. The number of carbonyl (C=O) groups excluding carboxylic acids is 3. The van der Waals surface area contributed by atoms with E-state index in [0.717, 1.165) is 11.1 Å². The zero-order valence-electron chi connectivity index (χ0n) is 25.8. The molecule has 3 amide bonds. The van der Waals surface area contributed by atoms with Gasteiger partial charge in [-0.3, -0.25) is 9.48 Å². The third kappa shape index (κ3) is 7.68. The van der Waals surface area contributed by atoms with Gasteiger partial charge in [0.05, 0.1) is 18.3 Å². The lowest BCUT2D eigenvalue weighted by atomic mass is 9.98. The summed E-state index contributed by atoms with van der Waals surface area (Å²) < 4.78 is 26.2. The van der Waals surface area contributed by atoms with Gasteiger partial charge >= 0.3 is 12.2 Å². The van der Waals surface area contributed by atoms with Crippen LogP contribution in [-0.4, -0.2) is 79.7 Å². The zero-order valence-corrected chi connectivity index (χ0v) is 25.8. The van der Waals surface area contributed by atoms with Crippen LogP contribution in [0.25, 0.3) is 11.3 Å². The van der Waals surface area contributed by atoms with Gasteiger partial charge in [-0.1, -0.05) is 41.6 Å². The van der Waals surface area contributed by atoms with Crippen molar-refractivity contribution in [2.24, 2.45) is 5.92 Å². The highest BCUT2D eigenvalue weighted by atomic mass is 19.1. The zero-order chi connectivity index (χ0) is 32.1. The van der Waals surface area contributed by atoms with Gasteiger partial charge in [-0.15, -0.1) is 11.7 Å². The highest BCUT2D eigenvalue weighted by molar-refractivity contribution is 5.86. The maximum Gasteiger partial charge on any atom is 0.410 e. The fraction of sp³-hybridized carbons (Fsp3) is 0.424. The van der Waals surface area contributed by atoms with Gasteiger partial charge in [0.15, 0.2) is 0 Å². The molecule has 2 aliphatic rings. The Morgan fingerprint density at radius 2 is 1.84 bits per heavy atom. The van der Waals surface area contributed by atoms with Crippen molar-refractivity contribution in [1.29, 1.82) is 0 Å². The molecule has 0 radical (unpaired) electrons. The molecule has 3 heterocycles. The third-order valence-electron chi connectivity index (χ3n) is 7.95.